The van der Waals surface area contributed by atoms with E-state index in [2.05, 4.69) is 26.2 Å². The molecule has 6 heteroatoms. The van der Waals surface area contributed by atoms with Crippen LogP contribution in [-0.4, -0.2) is 29.9 Å². The second-order valence-corrected chi connectivity index (χ2v) is 5.41. The smallest absolute Gasteiger partial charge is 0.257 e. The van der Waals surface area contributed by atoms with Gasteiger partial charge in [-0.2, -0.15) is 0 Å². The summed E-state index contributed by atoms with van der Waals surface area (Å²) in [4.78, 5) is 17.9. The average molecular weight is 352 g/mol. The van der Waals surface area contributed by atoms with Crippen molar-refractivity contribution < 1.29 is 9.18 Å². The number of nitrogens with one attached hydrogen (secondary N) is 1. The fraction of sp³-hybridized carbons (Fsp3) is 0.200. The van der Waals surface area contributed by atoms with E-state index in [9.17, 15) is 9.18 Å². The molecule has 1 heterocycles. The summed E-state index contributed by atoms with van der Waals surface area (Å²) in [7, 11) is 3.32. The van der Waals surface area contributed by atoms with Crippen LogP contribution in [0.2, 0.25) is 0 Å². The molecule has 0 aliphatic carbocycles. The predicted molar refractivity (Wildman–Crippen MR) is 83.7 cm³/mol. The number of anilines is 1. The van der Waals surface area contributed by atoms with Crippen LogP contribution < -0.4 is 5.32 Å². The number of rotatable bonds is 4. The Morgan fingerprint density at radius 1 is 1.43 bits per heavy atom. The highest BCUT2D eigenvalue weighted by atomic mass is 79.9. The Hall–Kier alpha value is -1.95. The van der Waals surface area contributed by atoms with Crippen LogP contribution in [0.3, 0.4) is 0 Å². The molecule has 0 aliphatic rings. The van der Waals surface area contributed by atoms with Crippen molar-refractivity contribution in [2.45, 2.75) is 6.54 Å². The highest BCUT2D eigenvalue weighted by molar-refractivity contribution is 9.10. The minimum atomic E-state index is -0.536. The lowest BCUT2D eigenvalue weighted by Gasteiger charge is -2.19. The number of carbonyl (C=O) groups is 1. The summed E-state index contributed by atoms with van der Waals surface area (Å²) in [6.07, 6.45) is 1.08. The van der Waals surface area contributed by atoms with Crippen molar-refractivity contribution in [1.29, 1.82) is 0 Å². The van der Waals surface area contributed by atoms with Crippen molar-refractivity contribution in [2.75, 3.05) is 19.4 Å². The van der Waals surface area contributed by atoms with Gasteiger partial charge in [0.1, 0.15) is 11.6 Å². The first kappa shape index (κ1) is 15.4. The van der Waals surface area contributed by atoms with E-state index in [-0.39, 0.29) is 11.5 Å². The first-order valence-corrected chi connectivity index (χ1v) is 7.14. The molecular formula is C15H15BrFN3O. The van der Waals surface area contributed by atoms with Gasteiger partial charge in [-0.15, -0.1) is 0 Å². The van der Waals surface area contributed by atoms with E-state index in [0.717, 1.165) is 16.2 Å². The zero-order valence-corrected chi connectivity index (χ0v) is 13.3. The van der Waals surface area contributed by atoms with Gasteiger partial charge in [0.05, 0.1) is 11.8 Å². The van der Waals surface area contributed by atoms with Crippen LogP contribution in [0.4, 0.5) is 10.2 Å². The molecule has 0 atom stereocenters. The van der Waals surface area contributed by atoms with Crippen LogP contribution in [-0.2, 0) is 6.54 Å². The van der Waals surface area contributed by atoms with Gasteiger partial charge >= 0.3 is 0 Å². The van der Waals surface area contributed by atoms with Crippen LogP contribution in [0.15, 0.2) is 41.0 Å². The Morgan fingerprint density at radius 3 is 2.81 bits per heavy atom. The summed E-state index contributed by atoms with van der Waals surface area (Å²) in [5.41, 5.74) is 1.19. The van der Waals surface area contributed by atoms with E-state index >= 15 is 0 Å². The number of amides is 1. The van der Waals surface area contributed by atoms with Gasteiger partial charge in [-0.05, 0) is 17.7 Å². The molecule has 0 unspecified atom stereocenters. The van der Waals surface area contributed by atoms with E-state index in [1.165, 1.54) is 11.0 Å². The van der Waals surface area contributed by atoms with Gasteiger partial charge in [-0.3, -0.25) is 4.79 Å². The third-order valence-corrected chi connectivity index (χ3v) is 3.81. The SMILES string of the molecule is CNc1ncc(F)cc1C(=O)N(C)Cc1ccccc1Br. The molecular weight excluding hydrogens is 337 g/mol. The fourth-order valence-corrected chi connectivity index (χ4v) is 2.37. The molecule has 0 spiro atoms. The number of halogens is 2. The second-order valence-electron chi connectivity index (χ2n) is 4.55. The molecule has 1 aromatic heterocycles. The molecule has 2 rings (SSSR count). The van der Waals surface area contributed by atoms with Crippen molar-refractivity contribution in [3.63, 3.8) is 0 Å². The molecule has 0 saturated carbocycles. The summed E-state index contributed by atoms with van der Waals surface area (Å²) in [5.74, 6) is -0.464. The van der Waals surface area contributed by atoms with Gasteiger partial charge in [0.2, 0.25) is 0 Å². The Bertz CT molecular complexity index is 663. The summed E-state index contributed by atoms with van der Waals surface area (Å²) >= 11 is 3.45. The highest BCUT2D eigenvalue weighted by Gasteiger charge is 2.18. The summed E-state index contributed by atoms with van der Waals surface area (Å²) < 4.78 is 14.3. The number of nitrogens with zero attached hydrogens (tertiary/aromatic N) is 2. The Kier molecular flexibility index (Phi) is 4.90. The molecule has 1 aromatic carbocycles. The molecule has 110 valence electrons. The van der Waals surface area contributed by atoms with Crippen molar-refractivity contribution in [3.8, 4) is 0 Å². The molecule has 0 radical (unpaired) electrons. The molecule has 1 amide bonds. The third kappa shape index (κ3) is 3.58. The lowest BCUT2D eigenvalue weighted by Crippen LogP contribution is -2.27. The second kappa shape index (κ2) is 6.67. The Balaban J connectivity index is 2.24. The molecule has 0 fully saturated rings. The first-order chi connectivity index (χ1) is 10.0. The van der Waals surface area contributed by atoms with Gasteiger partial charge < -0.3 is 10.2 Å². The Labute approximate surface area is 131 Å². The van der Waals surface area contributed by atoms with Crippen molar-refractivity contribution in [2.24, 2.45) is 0 Å². The summed E-state index contributed by atoms with van der Waals surface area (Å²) in [6.45, 7) is 0.417. The van der Waals surface area contributed by atoms with E-state index in [1.54, 1.807) is 14.1 Å². The van der Waals surface area contributed by atoms with Crippen molar-refractivity contribution in [3.05, 3.63) is 57.9 Å². The predicted octanol–water partition coefficient (Wildman–Crippen LogP) is 3.30. The number of aromatic nitrogens is 1. The number of hydrogen-bond acceptors (Lipinski definition) is 3. The minimum Gasteiger partial charge on any atom is -0.372 e. The van der Waals surface area contributed by atoms with Crippen LogP contribution in [0.25, 0.3) is 0 Å². The molecule has 0 aliphatic heterocycles. The standard InChI is InChI=1S/C15H15BrFN3O/c1-18-14-12(7-11(17)8-19-14)15(21)20(2)9-10-5-3-4-6-13(10)16/h3-8H,9H2,1-2H3,(H,18,19). The summed E-state index contributed by atoms with van der Waals surface area (Å²) in [6, 6.07) is 8.84. The molecule has 2 aromatic rings. The number of benzene rings is 1. The third-order valence-electron chi connectivity index (χ3n) is 3.03. The average Bonchev–Trinajstić information content (AvgIpc) is 2.48. The van der Waals surface area contributed by atoms with E-state index in [0.29, 0.717) is 12.4 Å². The molecule has 21 heavy (non-hydrogen) atoms. The van der Waals surface area contributed by atoms with Crippen LogP contribution in [0.1, 0.15) is 15.9 Å². The lowest BCUT2D eigenvalue weighted by molar-refractivity contribution is 0.0785. The van der Waals surface area contributed by atoms with Gasteiger partial charge in [0, 0.05) is 25.1 Å². The maximum absolute atomic E-state index is 13.3. The maximum Gasteiger partial charge on any atom is 0.257 e. The first-order valence-electron chi connectivity index (χ1n) is 6.35. The van der Waals surface area contributed by atoms with Crippen LogP contribution in [0, 0.1) is 5.82 Å². The maximum atomic E-state index is 13.3. The zero-order valence-electron chi connectivity index (χ0n) is 11.7. The van der Waals surface area contributed by atoms with Gasteiger partial charge in [-0.1, -0.05) is 34.1 Å². The number of carbonyl (C=O) groups excluding carboxylic acids is 1. The van der Waals surface area contributed by atoms with E-state index in [1.807, 2.05) is 24.3 Å². The largest absolute Gasteiger partial charge is 0.372 e. The lowest BCUT2D eigenvalue weighted by atomic mass is 10.2. The van der Waals surface area contributed by atoms with Crippen molar-refractivity contribution in [1.82, 2.24) is 9.88 Å². The van der Waals surface area contributed by atoms with Crippen LogP contribution >= 0.6 is 15.9 Å². The van der Waals surface area contributed by atoms with E-state index < -0.39 is 5.82 Å². The monoisotopic (exact) mass is 351 g/mol. The van der Waals surface area contributed by atoms with Crippen molar-refractivity contribution >= 4 is 27.7 Å². The van der Waals surface area contributed by atoms with Gasteiger partial charge in [0.25, 0.3) is 5.91 Å². The highest BCUT2D eigenvalue weighted by Crippen LogP contribution is 2.20. The number of pyridine rings is 1. The number of hydrogen-bond donors (Lipinski definition) is 1. The van der Waals surface area contributed by atoms with E-state index in [4.69, 9.17) is 0 Å². The molecule has 0 bridgehead atoms. The minimum absolute atomic E-state index is 0.215. The summed E-state index contributed by atoms with van der Waals surface area (Å²) in [5, 5.41) is 2.80. The zero-order chi connectivity index (χ0) is 15.4. The van der Waals surface area contributed by atoms with Crippen LogP contribution in [0.5, 0.6) is 0 Å². The molecule has 1 N–H and O–H groups in total. The van der Waals surface area contributed by atoms with Gasteiger partial charge in [-0.25, -0.2) is 9.37 Å². The molecule has 4 nitrogen and oxygen atoms in total. The molecule has 0 saturated heterocycles. The Morgan fingerprint density at radius 2 is 2.14 bits per heavy atom. The van der Waals surface area contributed by atoms with Gasteiger partial charge in [0.15, 0.2) is 0 Å². The quantitative estimate of drug-likeness (QED) is 0.919. The topological polar surface area (TPSA) is 45.2 Å². The fourth-order valence-electron chi connectivity index (χ4n) is 1.96. The normalized spacial score (nSPS) is 10.3.